The van der Waals surface area contributed by atoms with Crippen LogP contribution < -0.4 is 59.3 Å². The molecule has 1 aliphatic rings. The van der Waals surface area contributed by atoms with Gasteiger partial charge in [0.1, 0.15) is 78.0 Å². The maximum Gasteiger partial charge on any atom is 0.305 e. The zero-order valence-electron chi connectivity index (χ0n) is 73.8. The number of aromatic hydroxyl groups is 2. The van der Waals surface area contributed by atoms with E-state index in [0.29, 0.717) is 51.8 Å². The van der Waals surface area contributed by atoms with Gasteiger partial charge in [0, 0.05) is 86.1 Å². The number of carbonyl (C=O) groups excluding carboxylic acids is 15. The Kier molecular flexibility index (Phi) is 39.9. The minimum atomic E-state index is -1.91. The minimum Gasteiger partial charge on any atom is -0.508 e. The van der Waals surface area contributed by atoms with Gasteiger partial charge in [0.25, 0.3) is 0 Å². The van der Waals surface area contributed by atoms with Crippen molar-refractivity contribution in [1.82, 2.24) is 72.4 Å². The number of phenols is 2. The first-order chi connectivity index (χ1) is 60.8. The van der Waals surface area contributed by atoms with Crippen LogP contribution in [-0.2, 0) is 122 Å². The van der Waals surface area contributed by atoms with Crippen molar-refractivity contribution in [3.05, 3.63) is 203 Å². The summed E-state index contributed by atoms with van der Waals surface area (Å²) >= 11 is 0.826. The van der Waals surface area contributed by atoms with E-state index in [1.165, 1.54) is 93.6 Å². The highest BCUT2D eigenvalue weighted by molar-refractivity contribution is 8.00. The maximum atomic E-state index is 15.5. The highest BCUT2D eigenvalue weighted by atomic mass is 32.2. The minimum absolute atomic E-state index is 0.0292. The summed E-state index contributed by atoms with van der Waals surface area (Å²) in [7, 11) is 6.52. The summed E-state index contributed by atoms with van der Waals surface area (Å²) in [6.07, 6.45) is -1.54. The third-order valence-electron chi connectivity index (χ3n) is 21.7. The molecule has 1 fully saturated rings. The third kappa shape index (κ3) is 32.0. The Hall–Kier alpha value is -13.3. The first-order valence-corrected chi connectivity index (χ1v) is 43.5. The summed E-state index contributed by atoms with van der Waals surface area (Å²) in [4.78, 5) is 240. The number of thioether (sulfide) groups is 1. The molecule has 15 amide bonds. The van der Waals surface area contributed by atoms with Crippen LogP contribution in [0.3, 0.4) is 0 Å². The summed E-state index contributed by atoms with van der Waals surface area (Å²) in [5.74, 6) is -17.5. The lowest BCUT2D eigenvalue weighted by Gasteiger charge is -2.37. The van der Waals surface area contributed by atoms with E-state index in [9.17, 15) is 58.5 Å². The van der Waals surface area contributed by atoms with Gasteiger partial charge in [-0.3, -0.25) is 76.7 Å². The molecule has 1 aliphatic heterocycles. The number of aliphatic carboxylic acids is 1. The predicted molar refractivity (Wildman–Crippen MR) is 478 cm³/mol. The van der Waals surface area contributed by atoms with Gasteiger partial charge in [-0.15, -0.1) is 11.8 Å². The van der Waals surface area contributed by atoms with Crippen LogP contribution >= 0.6 is 11.8 Å². The van der Waals surface area contributed by atoms with Crippen molar-refractivity contribution in [2.75, 3.05) is 66.4 Å². The van der Waals surface area contributed by atoms with Crippen LogP contribution in [0, 0.1) is 11.8 Å². The van der Waals surface area contributed by atoms with Gasteiger partial charge in [0.2, 0.25) is 88.6 Å². The molecule has 6 aromatic carbocycles. The standard InChI is InChI=1S/C92H120N16O19S/c1-11-12-28-73-90(125)105(7)52-78(113)97-69(48-80(115)116)86(121)103-81(56(4)5)92(127)107(9)74(46-58-24-18-14-19-25-58)87(122)101-70(45-62-35-39-65(110)40-36-62)88(123)104(6)51-77(112)96-67(42-60-29-31-63(49-93)32-30-60)84(119)100-68(43-61-33-37-64(109)38-34-61)85(120)99-66(41-55(2)3)83(118)102-72(82(117)95-50-76(94)111)53-128-54-79(114)98-71(44-57-22-16-13-17-23-57)89(124)108(10)75(91(126)106(73)8)47-59-26-20-15-21-27-59/h13-27,29-40,55-56,66-75,81,109-110H,11-12,28,41-54,93H2,1-10H3,(H2,94,111)(H,95,117)(H,96,112)(H,97,113)(H,98,114)(H,99,120)(H,100,119)(H,101,122)(H,102,118)(H,103,121)(H,115,116)/t66-,67-,68-,69-,70-,71-,72-,73-,74-,75-,81?/m0/s1. The van der Waals surface area contributed by atoms with E-state index < -0.39 is 199 Å². The van der Waals surface area contributed by atoms with E-state index in [1.54, 1.807) is 143 Å². The molecule has 0 bridgehead atoms. The number of amides is 15. The number of rotatable bonds is 24. The number of nitrogens with one attached hydrogen (secondary N) is 9. The Morgan fingerprint density at radius 3 is 1.32 bits per heavy atom. The van der Waals surface area contributed by atoms with E-state index >= 15 is 33.6 Å². The second-order valence-corrected chi connectivity index (χ2v) is 33.8. The average Bonchev–Trinajstić information content (AvgIpc) is 0.818. The van der Waals surface area contributed by atoms with Crippen LogP contribution in [0.4, 0.5) is 0 Å². The number of nitrogens with two attached hydrogens (primary N) is 2. The van der Waals surface area contributed by atoms with Crippen LogP contribution in [0.25, 0.3) is 0 Å². The number of benzene rings is 6. The molecule has 0 aromatic heterocycles. The molecule has 1 heterocycles. The smallest absolute Gasteiger partial charge is 0.305 e. The second-order valence-electron chi connectivity index (χ2n) is 32.7. The fraction of sp³-hybridized carbons (Fsp3) is 0.435. The van der Waals surface area contributed by atoms with Crippen molar-refractivity contribution < 1.29 is 92.0 Å². The average molecular weight is 1790 g/mol. The zero-order valence-corrected chi connectivity index (χ0v) is 74.6. The third-order valence-corrected chi connectivity index (χ3v) is 22.7. The van der Waals surface area contributed by atoms with Crippen molar-refractivity contribution in [2.24, 2.45) is 23.3 Å². The largest absolute Gasteiger partial charge is 0.508 e. The second kappa shape index (κ2) is 50.2. The normalized spacial score (nSPS) is 21.9. The van der Waals surface area contributed by atoms with E-state index in [1.807, 2.05) is 6.92 Å². The molecule has 0 radical (unpaired) electrons. The van der Waals surface area contributed by atoms with Gasteiger partial charge >= 0.3 is 5.97 Å². The van der Waals surface area contributed by atoms with Crippen molar-refractivity contribution in [2.45, 2.75) is 178 Å². The highest BCUT2D eigenvalue weighted by Gasteiger charge is 2.42. The molecule has 688 valence electrons. The predicted octanol–water partition coefficient (Wildman–Crippen LogP) is 1.30. The molecule has 35 nitrogen and oxygen atoms in total. The fourth-order valence-corrected chi connectivity index (χ4v) is 15.3. The number of nitrogens with zero attached hydrogens (tertiary/aromatic N) is 5. The van der Waals surface area contributed by atoms with E-state index in [0.717, 1.165) is 26.5 Å². The monoisotopic (exact) mass is 1780 g/mol. The molecular formula is C92H120N16O19S. The zero-order chi connectivity index (χ0) is 94.0. The van der Waals surface area contributed by atoms with E-state index in [-0.39, 0.29) is 81.1 Å². The van der Waals surface area contributed by atoms with Crippen LogP contribution in [0.1, 0.15) is 106 Å². The molecule has 0 spiro atoms. The number of primary amides is 1. The summed E-state index contributed by atoms with van der Waals surface area (Å²) < 4.78 is 0. The van der Waals surface area contributed by atoms with Gasteiger partial charge in [-0.2, -0.15) is 0 Å². The van der Waals surface area contributed by atoms with Crippen LogP contribution in [0.15, 0.2) is 164 Å². The van der Waals surface area contributed by atoms with Crippen molar-refractivity contribution in [3.8, 4) is 11.5 Å². The summed E-state index contributed by atoms with van der Waals surface area (Å²) in [6.45, 7) is 6.30. The van der Waals surface area contributed by atoms with Crippen molar-refractivity contribution >= 4 is 106 Å². The van der Waals surface area contributed by atoms with Crippen LogP contribution in [0.2, 0.25) is 0 Å². The molecule has 1 saturated heterocycles. The molecule has 36 heteroatoms. The molecule has 16 N–H and O–H groups in total. The lowest BCUT2D eigenvalue weighted by Crippen LogP contribution is -2.61. The fourth-order valence-electron chi connectivity index (χ4n) is 14.5. The number of carboxylic acids is 1. The van der Waals surface area contributed by atoms with Crippen LogP contribution in [-0.4, -0.2) is 267 Å². The maximum absolute atomic E-state index is 15.5. The lowest BCUT2D eigenvalue weighted by atomic mass is 9.98. The number of carboxylic acid groups (broad SMARTS) is 1. The highest BCUT2D eigenvalue weighted by Crippen LogP contribution is 2.23. The molecular weight excluding hydrogens is 1670 g/mol. The van der Waals surface area contributed by atoms with E-state index in [2.05, 4.69) is 47.9 Å². The molecule has 6 aromatic rings. The molecule has 11 atom stereocenters. The number of likely N-dealkylation sites (N-methyl/N-ethyl adjacent to an activating group) is 5. The molecule has 1 unspecified atom stereocenters. The SMILES string of the molecule is CCCC[C@H]1C(=O)N(C)CC(=O)N[C@@H](CC(=O)O)C(=O)NC(C(C)C)C(=O)N(C)[C@@H](Cc2ccccc2)C(=O)N[C@@H](Cc2ccc(O)cc2)C(=O)N(C)CC(=O)N[C@@H](Cc2ccc(CN)cc2)C(=O)N[C@@H](Cc2ccc(O)cc2)C(=O)N[C@@H](CC(C)C)C(=O)N[C@H](C(=O)NCC(N)=O)CSCC(=O)N[C@@H](Cc2ccccc2)C(=O)N(C)[C@@H](Cc2ccccc2)C(=O)N1C. The van der Waals surface area contributed by atoms with Gasteiger partial charge in [-0.05, 0) is 87.9 Å². The summed E-state index contributed by atoms with van der Waals surface area (Å²) in [6, 6.07) is 26.8. The van der Waals surface area contributed by atoms with Gasteiger partial charge in [-0.25, -0.2) is 0 Å². The molecule has 0 aliphatic carbocycles. The Morgan fingerprint density at radius 2 is 0.836 bits per heavy atom. The number of phenolic OH excluding ortho intramolecular Hbond substituents is 2. The molecule has 0 saturated carbocycles. The Bertz CT molecular complexity index is 4810. The molecule has 128 heavy (non-hydrogen) atoms. The first-order valence-electron chi connectivity index (χ1n) is 42.3. The first kappa shape index (κ1) is 102. The topological polar surface area (TPSA) is 510 Å². The van der Waals surface area contributed by atoms with E-state index in [4.69, 9.17) is 11.5 Å². The number of hydrogen-bond acceptors (Lipinski definition) is 20. The Morgan fingerprint density at radius 1 is 0.438 bits per heavy atom. The van der Waals surface area contributed by atoms with Crippen molar-refractivity contribution in [3.63, 3.8) is 0 Å². The lowest BCUT2D eigenvalue weighted by molar-refractivity contribution is -0.151. The Balaban J connectivity index is 1.33. The summed E-state index contributed by atoms with van der Waals surface area (Å²) in [5.41, 5.74) is 15.1. The van der Waals surface area contributed by atoms with Crippen molar-refractivity contribution in [1.29, 1.82) is 0 Å². The number of hydrogen-bond donors (Lipinski definition) is 14. The molecule has 7 rings (SSSR count). The number of carbonyl (C=O) groups is 16. The van der Waals surface area contributed by atoms with Crippen LogP contribution in [0.5, 0.6) is 11.5 Å². The Labute approximate surface area is 749 Å². The van der Waals surface area contributed by atoms with Gasteiger partial charge in [-0.1, -0.05) is 187 Å². The number of unbranched alkanes of at least 4 members (excludes halogenated alkanes) is 1. The van der Waals surface area contributed by atoms with Gasteiger partial charge < -0.3 is 99.1 Å². The summed E-state index contributed by atoms with van der Waals surface area (Å²) in [5, 5.41) is 54.8. The van der Waals surface area contributed by atoms with Gasteiger partial charge in [0.15, 0.2) is 0 Å². The quantitative estimate of drug-likeness (QED) is 0.0406. The van der Waals surface area contributed by atoms with Gasteiger partial charge in [0.05, 0.1) is 31.8 Å².